The summed E-state index contributed by atoms with van der Waals surface area (Å²) in [5.41, 5.74) is 5.15. The van der Waals surface area contributed by atoms with Crippen molar-refractivity contribution < 1.29 is 4.79 Å². The van der Waals surface area contributed by atoms with Crippen molar-refractivity contribution in [1.29, 1.82) is 0 Å². The summed E-state index contributed by atoms with van der Waals surface area (Å²) in [7, 11) is 0. The molecule has 0 aromatic heterocycles. The smallest absolute Gasteiger partial charge is 0.237 e. The summed E-state index contributed by atoms with van der Waals surface area (Å²) < 4.78 is 0. The van der Waals surface area contributed by atoms with E-state index in [0.29, 0.717) is 5.92 Å². The molecule has 1 aliphatic heterocycles. The van der Waals surface area contributed by atoms with E-state index in [9.17, 15) is 4.79 Å². The van der Waals surface area contributed by atoms with E-state index in [1.165, 1.54) is 0 Å². The number of nitrogens with one attached hydrogen (secondary N) is 1. The number of hydrogen-bond donors (Lipinski definition) is 2. The van der Waals surface area contributed by atoms with Crippen LogP contribution in [0, 0.1) is 5.92 Å². The molecule has 4 heteroatoms. The Kier molecular flexibility index (Phi) is 2.49. The Hall–Kier alpha value is -0.610. The lowest BCUT2D eigenvalue weighted by Gasteiger charge is -2.41. The van der Waals surface area contributed by atoms with Crippen molar-refractivity contribution in [2.45, 2.75) is 25.3 Å². The highest BCUT2D eigenvalue weighted by molar-refractivity contribution is 5.85. The minimum Gasteiger partial charge on any atom is -0.368 e. The van der Waals surface area contributed by atoms with E-state index in [1.54, 1.807) is 0 Å². The molecule has 1 aliphatic carbocycles. The quantitative estimate of drug-likeness (QED) is 0.644. The van der Waals surface area contributed by atoms with Crippen molar-refractivity contribution in [1.82, 2.24) is 10.2 Å². The fraction of sp³-hybridized carbons (Fsp3) is 0.900. The molecule has 0 bridgehead atoms. The number of rotatable bonds is 3. The summed E-state index contributed by atoms with van der Waals surface area (Å²) in [5, 5.41) is 3.29. The van der Waals surface area contributed by atoms with Gasteiger partial charge in [-0.15, -0.1) is 0 Å². The van der Waals surface area contributed by atoms with Crippen LogP contribution in [0.2, 0.25) is 0 Å². The van der Waals surface area contributed by atoms with Gasteiger partial charge in [0.1, 0.15) is 5.54 Å². The highest BCUT2D eigenvalue weighted by atomic mass is 16.1. The van der Waals surface area contributed by atoms with Gasteiger partial charge in [-0.1, -0.05) is 0 Å². The first-order chi connectivity index (χ1) is 6.65. The number of primary amides is 1. The van der Waals surface area contributed by atoms with Crippen LogP contribution in [0.3, 0.4) is 0 Å². The fourth-order valence-electron chi connectivity index (χ4n) is 2.39. The first-order valence-electron chi connectivity index (χ1n) is 5.41. The van der Waals surface area contributed by atoms with Gasteiger partial charge >= 0.3 is 0 Å². The molecule has 80 valence electrons. The lowest BCUT2D eigenvalue weighted by Crippen LogP contribution is -2.61. The average molecular weight is 197 g/mol. The second-order valence-electron chi connectivity index (χ2n) is 4.52. The lowest BCUT2D eigenvalue weighted by molar-refractivity contribution is -0.131. The maximum absolute atomic E-state index is 11.6. The summed E-state index contributed by atoms with van der Waals surface area (Å²) in [6.45, 7) is 5.83. The van der Waals surface area contributed by atoms with Gasteiger partial charge in [0, 0.05) is 26.2 Å². The SMILES string of the molecule is CC(C(N)=O)(C1CC1)N1CCNCC1. The van der Waals surface area contributed by atoms with Gasteiger partial charge < -0.3 is 11.1 Å². The van der Waals surface area contributed by atoms with Crippen molar-refractivity contribution >= 4 is 5.91 Å². The van der Waals surface area contributed by atoms with Gasteiger partial charge in [0.2, 0.25) is 5.91 Å². The Morgan fingerprint density at radius 3 is 2.43 bits per heavy atom. The molecule has 0 spiro atoms. The zero-order valence-corrected chi connectivity index (χ0v) is 8.75. The first kappa shape index (κ1) is 9.93. The summed E-state index contributed by atoms with van der Waals surface area (Å²) in [4.78, 5) is 13.8. The van der Waals surface area contributed by atoms with Gasteiger partial charge in [-0.25, -0.2) is 0 Å². The fourth-order valence-corrected chi connectivity index (χ4v) is 2.39. The summed E-state index contributed by atoms with van der Waals surface area (Å²) >= 11 is 0. The number of amides is 1. The van der Waals surface area contributed by atoms with Crippen molar-refractivity contribution in [3.63, 3.8) is 0 Å². The summed E-state index contributed by atoms with van der Waals surface area (Å²) in [6, 6.07) is 0. The Labute approximate surface area is 84.8 Å². The van der Waals surface area contributed by atoms with Crippen molar-refractivity contribution in [2.24, 2.45) is 11.7 Å². The molecule has 1 saturated carbocycles. The highest BCUT2D eigenvalue weighted by Gasteiger charge is 2.50. The molecule has 1 atom stereocenters. The Morgan fingerprint density at radius 2 is 2.00 bits per heavy atom. The van der Waals surface area contributed by atoms with Crippen LogP contribution in [-0.4, -0.2) is 42.5 Å². The molecule has 3 N–H and O–H groups in total. The molecule has 1 unspecified atom stereocenters. The van der Waals surface area contributed by atoms with Crippen LogP contribution < -0.4 is 11.1 Å². The molecular formula is C10H19N3O. The molecule has 14 heavy (non-hydrogen) atoms. The standard InChI is InChI=1S/C10H19N3O/c1-10(9(11)14,8-2-3-8)13-6-4-12-5-7-13/h8,12H,2-7H2,1H3,(H2,11,14). The molecule has 1 saturated heterocycles. The maximum atomic E-state index is 11.6. The van der Waals surface area contributed by atoms with Crippen LogP contribution in [-0.2, 0) is 4.79 Å². The van der Waals surface area contributed by atoms with E-state index in [-0.39, 0.29) is 11.4 Å². The molecule has 2 aliphatic rings. The van der Waals surface area contributed by atoms with Crippen LogP contribution in [0.4, 0.5) is 0 Å². The normalized spacial score (nSPS) is 28.4. The predicted octanol–water partition coefficient (Wildman–Crippen LogP) is -0.454. The molecule has 1 amide bonds. The second kappa shape index (κ2) is 3.51. The summed E-state index contributed by atoms with van der Waals surface area (Å²) in [6.07, 6.45) is 2.31. The number of nitrogens with two attached hydrogens (primary N) is 1. The topological polar surface area (TPSA) is 58.4 Å². The number of carbonyl (C=O) groups excluding carboxylic acids is 1. The van der Waals surface area contributed by atoms with Crippen LogP contribution >= 0.6 is 0 Å². The van der Waals surface area contributed by atoms with E-state index in [1.807, 2.05) is 6.92 Å². The van der Waals surface area contributed by atoms with Crippen LogP contribution in [0.1, 0.15) is 19.8 Å². The molecule has 0 aromatic carbocycles. The van der Waals surface area contributed by atoms with Crippen molar-refractivity contribution in [3.8, 4) is 0 Å². The van der Waals surface area contributed by atoms with Gasteiger partial charge in [-0.2, -0.15) is 0 Å². The first-order valence-corrected chi connectivity index (χ1v) is 5.41. The highest BCUT2D eigenvalue weighted by Crippen LogP contribution is 2.42. The van der Waals surface area contributed by atoms with E-state index in [0.717, 1.165) is 39.0 Å². The zero-order chi connectivity index (χ0) is 10.2. The molecular weight excluding hydrogens is 178 g/mol. The molecule has 4 nitrogen and oxygen atoms in total. The van der Waals surface area contributed by atoms with Crippen LogP contribution in [0.15, 0.2) is 0 Å². The van der Waals surface area contributed by atoms with Gasteiger partial charge in [0.05, 0.1) is 0 Å². The van der Waals surface area contributed by atoms with E-state index < -0.39 is 0 Å². The number of carbonyl (C=O) groups is 1. The third kappa shape index (κ3) is 1.53. The second-order valence-corrected chi connectivity index (χ2v) is 4.52. The number of piperazine rings is 1. The van der Waals surface area contributed by atoms with Crippen molar-refractivity contribution in [3.05, 3.63) is 0 Å². The van der Waals surface area contributed by atoms with Gasteiger partial charge in [0.25, 0.3) is 0 Å². The predicted molar refractivity (Wildman–Crippen MR) is 54.8 cm³/mol. The minimum absolute atomic E-state index is 0.151. The van der Waals surface area contributed by atoms with Crippen LogP contribution in [0.25, 0.3) is 0 Å². The number of nitrogens with zero attached hydrogens (tertiary/aromatic N) is 1. The van der Waals surface area contributed by atoms with E-state index in [2.05, 4.69) is 10.2 Å². The molecule has 0 aromatic rings. The third-order valence-corrected chi connectivity index (χ3v) is 3.65. The zero-order valence-electron chi connectivity index (χ0n) is 8.75. The lowest BCUT2D eigenvalue weighted by atomic mass is 9.92. The average Bonchev–Trinajstić information content (AvgIpc) is 3.01. The summed E-state index contributed by atoms with van der Waals surface area (Å²) in [5.74, 6) is 0.347. The monoisotopic (exact) mass is 197 g/mol. The van der Waals surface area contributed by atoms with E-state index >= 15 is 0 Å². The van der Waals surface area contributed by atoms with Crippen LogP contribution in [0.5, 0.6) is 0 Å². The largest absolute Gasteiger partial charge is 0.368 e. The Balaban J connectivity index is 2.12. The van der Waals surface area contributed by atoms with Gasteiger partial charge in [0.15, 0.2) is 0 Å². The van der Waals surface area contributed by atoms with Gasteiger partial charge in [-0.05, 0) is 25.7 Å². The van der Waals surface area contributed by atoms with Crippen molar-refractivity contribution in [2.75, 3.05) is 26.2 Å². The van der Waals surface area contributed by atoms with Gasteiger partial charge in [-0.3, -0.25) is 9.69 Å². The molecule has 2 rings (SSSR count). The third-order valence-electron chi connectivity index (χ3n) is 3.65. The Morgan fingerprint density at radius 1 is 1.43 bits per heavy atom. The number of hydrogen-bond acceptors (Lipinski definition) is 3. The Bertz CT molecular complexity index is 234. The minimum atomic E-state index is -0.387. The van der Waals surface area contributed by atoms with E-state index in [4.69, 9.17) is 5.73 Å². The molecule has 0 radical (unpaired) electrons. The molecule has 2 fully saturated rings. The molecule has 1 heterocycles. The maximum Gasteiger partial charge on any atom is 0.237 e.